The fourth-order valence-electron chi connectivity index (χ4n) is 2.19. The van der Waals surface area contributed by atoms with E-state index in [0.29, 0.717) is 6.04 Å². The number of nitrogens with one attached hydrogen (secondary N) is 1. The van der Waals surface area contributed by atoms with Crippen LogP contribution in [-0.4, -0.2) is 18.1 Å². The number of hydrogen-bond acceptors (Lipinski definition) is 4. The van der Waals surface area contributed by atoms with Gasteiger partial charge >= 0.3 is 5.97 Å². The molecule has 1 rings (SSSR count). The second-order valence-electron chi connectivity index (χ2n) is 4.28. The Bertz CT molecular complexity index is 191. The average Bonchev–Trinajstić information content (AvgIpc) is 2.29. The van der Waals surface area contributed by atoms with Crippen molar-refractivity contribution in [2.45, 2.75) is 64.0 Å². The first-order chi connectivity index (χ1) is 7.27. The van der Waals surface area contributed by atoms with Crippen LogP contribution >= 0.6 is 0 Å². The fraction of sp³-hybridized carbons (Fsp3) is 0.909. The predicted octanol–water partition coefficient (Wildman–Crippen LogP) is 1.49. The number of rotatable bonds is 5. The molecule has 1 fully saturated rings. The van der Waals surface area contributed by atoms with Gasteiger partial charge in [-0.25, -0.2) is 4.79 Å². The zero-order valence-electron chi connectivity index (χ0n) is 9.50. The summed E-state index contributed by atoms with van der Waals surface area (Å²) in [5.74, 6) is 4.59. The molecule has 0 aromatic carbocycles. The van der Waals surface area contributed by atoms with Crippen LogP contribution in [0.25, 0.3) is 0 Å². The van der Waals surface area contributed by atoms with E-state index in [2.05, 4.69) is 17.1 Å². The van der Waals surface area contributed by atoms with Gasteiger partial charge in [0.05, 0.1) is 0 Å². The van der Waals surface area contributed by atoms with E-state index in [1.54, 1.807) is 0 Å². The molecule has 1 aliphatic rings. The van der Waals surface area contributed by atoms with E-state index < -0.39 is 0 Å². The van der Waals surface area contributed by atoms with Gasteiger partial charge in [-0.15, -0.1) is 0 Å². The molecule has 1 saturated carbocycles. The highest BCUT2D eigenvalue weighted by molar-refractivity contribution is 5.75. The van der Waals surface area contributed by atoms with Crippen LogP contribution in [0.3, 0.4) is 0 Å². The van der Waals surface area contributed by atoms with Crippen LogP contribution in [0.15, 0.2) is 0 Å². The number of carbonyl (C=O) groups is 1. The molecule has 0 amide bonds. The molecular formula is C11H22N2O2. The quantitative estimate of drug-likeness (QED) is 0.681. The standard InChI is InChI=1S/C11H22N2O2/c1-2-6-10(11(14)15-12)13-9-7-4-3-5-8-9/h9-10,13H,2-8,12H2,1H3/t10-/m0/s1. The van der Waals surface area contributed by atoms with Gasteiger partial charge in [-0.3, -0.25) is 0 Å². The van der Waals surface area contributed by atoms with E-state index in [9.17, 15) is 4.79 Å². The molecule has 1 aliphatic carbocycles. The van der Waals surface area contributed by atoms with Gasteiger partial charge < -0.3 is 10.2 Å². The monoisotopic (exact) mass is 214 g/mol. The average molecular weight is 214 g/mol. The van der Waals surface area contributed by atoms with E-state index in [1.807, 2.05) is 0 Å². The SMILES string of the molecule is CCC[C@H](NC1CCCCC1)C(=O)ON. The molecule has 0 heterocycles. The van der Waals surface area contributed by atoms with Gasteiger partial charge in [0.2, 0.25) is 0 Å². The van der Waals surface area contributed by atoms with Gasteiger partial charge in [0.25, 0.3) is 0 Å². The van der Waals surface area contributed by atoms with Crippen LogP contribution in [0.4, 0.5) is 0 Å². The number of nitrogens with two attached hydrogens (primary N) is 1. The van der Waals surface area contributed by atoms with E-state index >= 15 is 0 Å². The minimum atomic E-state index is -0.331. The Hall–Kier alpha value is -0.610. The Balaban J connectivity index is 2.38. The summed E-state index contributed by atoms with van der Waals surface area (Å²) in [4.78, 5) is 15.7. The third-order valence-electron chi connectivity index (χ3n) is 3.02. The maximum atomic E-state index is 11.4. The Labute approximate surface area is 91.5 Å². The summed E-state index contributed by atoms with van der Waals surface area (Å²) in [6, 6.07) is 0.248. The number of hydrogen-bond donors (Lipinski definition) is 2. The molecule has 3 N–H and O–H groups in total. The van der Waals surface area contributed by atoms with Crippen LogP contribution in [0.1, 0.15) is 51.9 Å². The van der Waals surface area contributed by atoms with E-state index in [0.717, 1.165) is 25.7 Å². The molecule has 0 aromatic heterocycles. The minimum Gasteiger partial charge on any atom is -0.372 e. The van der Waals surface area contributed by atoms with E-state index in [4.69, 9.17) is 5.90 Å². The normalized spacial score (nSPS) is 19.9. The lowest BCUT2D eigenvalue weighted by Gasteiger charge is -2.26. The van der Waals surface area contributed by atoms with Crippen molar-refractivity contribution in [1.82, 2.24) is 5.32 Å². The Morgan fingerprint density at radius 1 is 1.47 bits per heavy atom. The fourth-order valence-corrected chi connectivity index (χ4v) is 2.19. The lowest BCUT2D eigenvalue weighted by Crippen LogP contribution is -2.45. The van der Waals surface area contributed by atoms with Crippen LogP contribution in [0, 0.1) is 0 Å². The third-order valence-corrected chi connectivity index (χ3v) is 3.02. The predicted molar refractivity (Wildman–Crippen MR) is 59.0 cm³/mol. The molecule has 0 radical (unpaired) electrons. The molecule has 1 atom stereocenters. The summed E-state index contributed by atoms with van der Waals surface area (Å²) in [7, 11) is 0. The molecule has 0 saturated heterocycles. The molecule has 0 spiro atoms. The third kappa shape index (κ3) is 4.18. The summed E-state index contributed by atoms with van der Waals surface area (Å²) in [6.45, 7) is 2.05. The molecule has 0 aliphatic heterocycles. The smallest absolute Gasteiger partial charge is 0.341 e. The van der Waals surface area contributed by atoms with E-state index in [1.165, 1.54) is 19.3 Å². The maximum absolute atomic E-state index is 11.4. The second-order valence-corrected chi connectivity index (χ2v) is 4.28. The molecule has 15 heavy (non-hydrogen) atoms. The van der Waals surface area contributed by atoms with Crippen molar-refractivity contribution < 1.29 is 9.63 Å². The highest BCUT2D eigenvalue weighted by Crippen LogP contribution is 2.18. The van der Waals surface area contributed by atoms with Crippen molar-refractivity contribution in [1.29, 1.82) is 0 Å². The molecular weight excluding hydrogens is 192 g/mol. The van der Waals surface area contributed by atoms with Gasteiger partial charge in [0, 0.05) is 6.04 Å². The highest BCUT2D eigenvalue weighted by Gasteiger charge is 2.23. The first-order valence-corrected chi connectivity index (χ1v) is 5.94. The van der Waals surface area contributed by atoms with Crippen molar-refractivity contribution in [2.24, 2.45) is 5.90 Å². The van der Waals surface area contributed by atoms with Gasteiger partial charge in [-0.05, 0) is 19.3 Å². The van der Waals surface area contributed by atoms with Crippen molar-refractivity contribution in [3.63, 3.8) is 0 Å². The summed E-state index contributed by atoms with van der Waals surface area (Å²) in [5.41, 5.74) is 0. The zero-order chi connectivity index (χ0) is 11.1. The molecule has 4 heteroatoms. The van der Waals surface area contributed by atoms with Gasteiger partial charge in [-0.2, -0.15) is 5.90 Å². The minimum absolute atomic E-state index is 0.219. The molecule has 0 bridgehead atoms. The van der Waals surface area contributed by atoms with Crippen LogP contribution in [0.2, 0.25) is 0 Å². The molecule has 0 aromatic rings. The Morgan fingerprint density at radius 2 is 2.13 bits per heavy atom. The van der Waals surface area contributed by atoms with Crippen LogP contribution in [0.5, 0.6) is 0 Å². The topological polar surface area (TPSA) is 64.3 Å². The largest absolute Gasteiger partial charge is 0.372 e. The summed E-state index contributed by atoms with van der Waals surface area (Å²) < 4.78 is 0. The maximum Gasteiger partial charge on any atom is 0.341 e. The van der Waals surface area contributed by atoms with Crippen molar-refractivity contribution >= 4 is 5.97 Å². The summed E-state index contributed by atoms with van der Waals surface area (Å²) in [5, 5.41) is 3.35. The Morgan fingerprint density at radius 3 is 2.67 bits per heavy atom. The van der Waals surface area contributed by atoms with Crippen LogP contribution < -0.4 is 11.2 Å². The summed E-state index contributed by atoms with van der Waals surface area (Å²) >= 11 is 0. The lowest BCUT2D eigenvalue weighted by molar-refractivity contribution is -0.147. The van der Waals surface area contributed by atoms with Gasteiger partial charge in [-0.1, -0.05) is 32.6 Å². The first kappa shape index (κ1) is 12.5. The molecule has 0 unspecified atom stereocenters. The highest BCUT2D eigenvalue weighted by atomic mass is 16.7. The number of carbonyl (C=O) groups excluding carboxylic acids is 1. The zero-order valence-corrected chi connectivity index (χ0v) is 9.50. The second kappa shape index (κ2) is 6.80. The molecule has 4 nitrogen and oxygen atoms in total. The first-order valence-electron chi connectivity index (χ1n) is 5.94. The summed E-state index contributed by atoms with van der Waals surface area (Å²) in [6.07, 6.45) is 7.92. The Kier molecular flexibility index (Phi) is 5.65. The van der Waals surface area contributed by atoms with Crippen molar-refractivity contribution in [2.75, 3.05) is 0 Å². The molecule has 88 valence electrons. The van der Waals surface area contributed by atoms with E-state index in [-0.39, 0.29) is 12.0 Å². The lowest BCUT2D eigenvalue weighted by atomic mass is 9.94. The van der Waals surface area contributed by atoms with Gasteiger partial charge in [0.15, 0.2) is 0 Å². The van der Waals surface area contributed by atoms with Crippen molar-refractivity contribution in [3.8, 4) is 0 Å². The van der Waals surface area contributed by atoms with Gasteiger partial charge in [0.1, 0.15) is 6.04 Å². The van der Waals surface area contributed by atoms with Crippen molar-refractivity contribution in [3.05, 3.63) is 0 Å². The van der Waals surface area contributed by atoms with Crippen LogP contribution in [-0.2, 0) is 9.63 Å².